The summed E-state index contributed by atoms with van der Waals surface area (Å²) in [5, 5.41) is 3.66. The minimum absolute atomic E-state index is 0.747. The summed E-state index contributed by atoms with van der Waals surface area (Å²) in [7, 11) is 0. The molecule has 0 radical (unpaired) electrons. The molecule has 0 aliphatic heterocycles. The molecule has 3 nitrogen and oxygen atoms in total. The average molecular weight is 580 g/mol. The predicted molar refractivity (Wildman–Crippen MR) is 186 cm³/mol. The Bertz CT molecular complexity index is 2490. The van der Waals surface area contributed by atoms with Gasteiger partial charge >= 0.3 is 0 Å². The number of aromatic nitrogens is 3. The molecule has 0 fully saturated rings. The fourth-order valence-corrected chi connectivity index (χ4v) is 7.51. The first-order chi connectivity index (χ1) is 21.8. The maximum absolute atomic E-state index is 5.20. The van der Waals surface area contributed by atoms with Crippen LogP contribution in [-0.4, -0.2) is 14.5 Å². The van der Waals surface area contributed by atoms with Gasteiger partial charge in [-0.2, -0.15) is 0 Å². The molecular weight excluding hydrogens is 555 g/mol. The Balaban J connectivity index is 1.24. The van der Waals surface area contributed by atoms with Crippen LogP contribution in [0, 0.1) is 0 Å². The molecule has 0 spiro atoms. The standard InChI is InChI=1S/C40H25N3S/c1-3-12-26(13-4-1)40-41-37(39-38(42-40)32-19-8-10-21-36(32)44-39)29-15-11-14-27(24-29)28-22-23-35-33(25-28)31-18-7-9-20-34(31)43(35)30-16-5-2-6-17-30/h1-25H. The molecule has 0 aliphatic rings. The molecule has 0 saturated carbocycles. The number of rotatable bonds is 4. The van der Waals surface area contributed by atoms with Crippen LogP contribution in [0.15, 0.2) is 152 Å². The zero-order valence-electron chi connectivity index (χ0n) is 23.7. The summed E-state index contributed by atoms with van der Waals surface area (Å²) < 4.78 is 4.69. The molecular formula is C40H25N3S. The highest BCUT2D eigenvalue weighted by Gasteiger charge is 2.18. The molecule has 0 N–H and O–H groups in total. The lowest BCUT2D eigenvalue weighted by Gasteiger charge is -2.10. The van der Waals surface area contributed by atoms with Crippen LogP contribution in [0.3, 0.4) is 0 Å². The quantitative estimate of drug-likeness (QED) is 0.208. The van der Waals surface area contributed by atoms with E-state index in [2.05, 4.69) is 138 Å². The van der Waals surface area contributed by atoms with Crippen molar-refractivity contribution in [2.45, 2.75) is 0 Å². The molecule has 4 heteroatoms. The van der Waals surface area contributed by atoms with Crippen molar-refractivity contribution < 1.29 is 0 Å². The van der Waals surface area contributed by atoms with Gasteiger partial charge in [-0.1, -0.05) is 109 Å². The van der Waals surface area contributed by atoms with Gasteiger partial charge < -0.3 is 4.57 Å². The van der Waals surface area contributed by atoms with E-state index in [0.29, 0.717) is 0 Å². The Morgan fingerprint density at radius 2 is 1.11 bits per heavy atom. The average Bonchev–Trinajstić information content (AvgIpc) is 3.64. The van der Waals surface area contributed by atoms with E-state index >= 15 is 0 Å². The van der Waals surface area contributed by atoms with Crippen LogP contribution in [0.5, 0.6) is 0 Å². The van der Waals surface area contributed by atoms with Crippen molar-refractivity contribution >= 4 is 53.4 Å². The van der Waals surface area contributed by atoms with Gasteiger partial charge in [0.1, 0.15) is 0 Å². The molecule has 6 aromatic carbocycles. The topological polar surface area (TPSA) is 30.7 Å². The minimum Gasteiger partial charge on any atom is -0.309 e. The third-order valence-electron chi connectivity index (χ3n) is 8.41. The van der Waals surface area contributed by atoms with Gasteiger partial charge in [-0.25, -0.2) is 9.97 Å². The third-order valence-corrected chi connectivity index (χ3v) is 9.57. The van der Waals surface area contributed by atoms with Crippen molar-refractivity contribution in [2.24, 2.45) is 0 Å². The third kappa shape index (κ3) is 3.96. The Labute approximate surface area is 258 Å². The first-order valence-electron chi connectivity index (χ1n) is 14.8. The second-order valence-corrected chi connectivity index (χ2v) is 12.1. The van der Waals surface area contributed by atoms with Crippen LogP contribution < -0.4 is 0 Å². The van der Waals surface area contributed by atoms with E-state index in [9.17, 15) is 0 Å². The predicted octanol–water partition coefficient (Wildman–Crippen LogP) is 10.9. The summed E-state index contributed by atoms with van der Waals surface area (Å²) in [4.78, 5) is 10.3. The molecule has 0 atom stereocenters. The lowest BCUT2D eigenvalue weighted by molar-refractivity contribution is 1.18. The Hall–Kier alpha value is -5.58. The minimum atomic E-state index is 0.747. The molecule has 44 heavy (non-hydrogen) atoms. The molecule has 3 aromatic heterocycles. The molecule has 9 rings (SSSR count). The zero-order valence-corrected chi connectivity index (χ0v) is 24.5. The summed E-state index contributed by atoms with van der Waals surface area (Å²) in [6, 6.07) is 53.7. The van der Waals surface area contributed by atoms with Crippen LogP contribution in [0.4, 0.5) is 0 Å². The first-order valence-corrected chi connectivity index (χ1v) is 15.6. The van der Waals surface area contributed by atoms with Crippen LogP contribution in [0.1, 0.15) is 0 Å². The van der Waals surface area contributed by atoms with Crippen molar-refractivity contribution in [1.29, 1.82) is 0 Å². The van der Waals surface area contributed by atoms with Crippen LogP contribution in [0.2, 0.25) is 0 Å². The molecule has 206 valence electrons. The normalized spacial score (nSPS) is 11.6. The van der Waals surface area contributed by atoms with Gasteiger partial charge in [0.05, 0.1) is 26.9 Å². The summed E-state index contributed by atoms with van der Waals surface area (Å²) in [5.74, 6) is 0.747. The molecule has 0 amide bonds. The van der Waals surface area contributed by atoms with E-state index < -0.39 is 0 Å². The SMILES string of the molecule is c1ccc(-c2nc(-c3cccc(-c4ccc5c(c4)c4ccccc4n5-c4ccccc4)c3)c3sc4ccccc4c3n2)cc1. The largest absolute Gasteiger partial charge is 0.309 e. The summed E-state index contributed by atoms with van der Waals surface area (Å²) >= 11 is 1.76. The monoisotopic (exact) mass is 579 g/mol. The van der Waals surface area contributed by atoms with Crippen LogP contribution in [0.25, 0.3) is 81.6 Å². The number of fused-ring (bicyclic) bond motifs is 6. The molecule has 9 aromatic rings. The fraction of sp³-hybridized carbons (Fsp3) is 0. The number of hydrogen-bond acceptors (Lipinski definition) is 3. The summed E-state index contributed by atoms with van der Waals surface area (Å²) in [6.45, 7) is 0. The van der Waals surface area contributed by atoms with Crippen molar-refractivity contribution in [1.82, 2.24) is 14.5 Å². The van der Waals surface area contributed by atoms with Gasteiger partial charge in [0, 0.05) is 37.7 Å². The number of nitrogens with zero attached hydrogens (tertiary/aromatic N) is 3. The maximum Gasteiger partial charge on any atom is 0.160 e. The van der Waals surface area contributed by atoms with E-state index in [1.807, 2.05) is 18.2 Å². The molecule has 0 aliphatic carbocycles. The molecule has 0 bridgehead atoms. The Morgan fingerprint density at radius 1 is 0.455 bits per heavy atom. The smallest absolute Gasteiger partial charge is 0.160 e. The van der Waals surface area contributed by atoms with Gasteiger partial charge in [0.15, 0.2) is 5.82 Å². The Kier molecular flexibility index (Phi) is 5.68. The summed E-state index contributed by atoms with van der Waals surface area (Å²) in [6.07, 6.45) is 0. The molecule has 0 saturated heterocycles. The number of benzene rings is 6. The number of para-hydroxylation sites is 2. The van der Waals surface area contributed by atoms with E-state index in [0.717, 1.165) is 38.4 Å². The molecule has 0 unspecified atom stereocenters. The van der Waals surface area contributed by atoms with Gasteiger partial charge in [-0.05, 0) is 53.6 Å². The highest BCUT2D eigenvalue weighted by atomic mass is 32.1. The second kappa shape index (κ2) is 10.0. The zero-order chi connectivity index (χ0) is 29.0. The van der Waals surface area contributed by atoms with Gasteiger partial charge in [0.2, 0.25) is 0 Å². The van der Waals surface area contributed by atoms with Gasteiger partial charge in [-0.3, -0.25) is 0 Å². The van der Waals surface area contributed by atoms with Crippen molar-refractivity contribution in [2.75, 3.05) is 0 Å². The van der Waals surface area contributed by atoms with Crippen molar-refractivity contribution in [3.05, 3.63) is 152 Å². The lowest BCUT2D eigenvalue weighted by atomic mass is 9.99. The second-order valence-electron chi connectivity index (χ2n) is 11.0. The van der Waals surface area contributed by atoms with E-state index in [1.54, 1.807) is 11.3 Å². The van der Waals surface area contributed by atoms with Crippen molar-refractivity contribution in [3.8, 4) is 39.5 Å². The first kappa shape index (κ1) is 25.0. The van der Waals surface area contributed by atoms with Gasteiger partial charge in [0.25, 0.3) is 0 Å². The van der Waals surface area contributed by atoms with Crippen LogP contribution >= 0.6 is 11.3 Å². The number of thiophene rings is 1. The molecule has 3 heterocycles. The highest BCUT2D eigenvalue weighted by Crippen LogP contribution is 2.41. The maximum atomic E-state index is 5.20. The Morgan fingerprint density at radius 3 is 1.98 bits per heavy atom. The number of hydrogen-bond donors (Lipinski definition) is 0. The fourth-order valence-electron chi connectivity index (χ4n) is 6.36. The van der Waals surface area contributed by atoms with E-state index in [-0.39, 0.29) is 0 Å². The van der Waals surface area contributed by atoms with Gasteiger partial charge in [-0.15, -0.1) is 11.3 Å². The lowest BCUT2D eigenvalue weighted by Crippen LogP contribution is -1.94. The summed E-state index contributed by atoms with van der Waals surface area (Å²) in [5.41, 5.74) is 10.0. The van der Waals surface area contributed by atoms with Crippen LogP contribution in [-0.2, 0) is 0 Å². The van der Waals surface area contributed by atoms with E-state index in [4.69, 9.17) is 9.97 Å². The van der Waals surface area contributed by atoms with Crippen molar-refractivity contribution in [3.63, 3.8) is 0 Å². The van der Waals surface area contributed by atoms with E-state index in [1.165, 1.54) is 43.1 Å². The highest BCUT2D eigenvalue weighted by molar-refractivity contribution is 7.26.